The van der Waals surface area contributed by atoms with Crippen molar-refractivity contribution in [3.63, 3.8) is 0 Å². The van der Waals surface area contributed by atoms with Gasteiger partial charge in [0.25, 0.3) is 0 Å². The third kappa shape index (κ3) is 4.22. The SMILES string of the molecule is CC1=CC(c2ccc(F)cc2)=CC(C)C1C1C(=O)CC2(CCN(C(=O)C3CC3)CC2)CC1=O. The number of carbonyl (C=O) groups excluding carboxylic acids is 3. The molecule has 33 heavy (non-hydrogen) atoms. The lowest BCUT2D eigenvalue weighted by molar-refractivity contribution is -0.145. The Morgan fingerprint density at radius 3 is 2.18 bits per heavy atom. The molecule has 0 bridgehead atoms. The summed E-state index contributed by atoms with van der Waals surface area (Å²) in [7, 11) is 0. The van der Waals surface area contributed by atoms with E-state index in [2.05, 4.69) is 13.0 Å². The second-order valence-corrected chi connectivity index (χ2v) is 10.8. The Hall–Kier alpha value is -2.56. The van der Waals surface area contributed by atoms with Gasteiger partial charge in [-0.2, -0.15) is 0 Å². The highest BCUT2D eigenvalue weighted by atomic mass is 19.1. The highest BCUT2D eigenvalue weighted by Crippen LogP contribution is 2.48. The Balaban J connectivity index is 1.29. The minimum atomic E-state index is -0.584. The maximum Gasteiger partial charge on any atom is 0.225 e. The van der Waals surface area contributed by atoms with E-state index in [0.717, 1.165) is 42.4 Å². The molecule has 0 radical (unpaired) electrons. The fraction of sp³-hybridized carbons (Fsp3) is 0.536. The zero-order valence-corrected chi connectivity index (χ0v) is 19.5. The first kappa shape index (κ1) is 22.2. The molecule has 2 saturated carbocycles. The summed E-state index contributed by atoms with van der Waals surface area (Å²) in [6.07, 6.45) is 8.55. The van der Waals surface area contributed by atoms with Crippen LogP contribution in [0.2, 0.25) is 0 Å². The number of benzene rings is 1. The number of amides is 1. The normalized spacial score (nSPS) is 28.0. The number of ketones is 2. The van der Waals surface area contributed by atoms with Gasteiger partial charge in [-0.25, -0.2) is 4.39 Å². The number of rotatable bonds is 3. The van der Waals surface area contributed by atoms with Crippen LogP contribution in [0.4, 0.5) is 4.39 Å². The average Bonchev–Trinajstić information content (AvgIpc) is 3.61. The van der Waals surface area contributed by atoms with Gasteiger partial charge in [-0.3, -0.25) is 14.4 Å². The summed E-state index contributed by atoms with van der Waals surface area (Å²) in [5.41, 5.74) is 2.72. The molecule has 3 aliphatic carbocycles. The summed E-state index contributed by atoms with van der Waals surface area (Å²) in [6.45, 7) is 5.41. The Labute approximate surface area is 194 Å². The van der Waals surface area contributed by atoms with E-state index >= 15 is 0 Å². The predicted molar refractivity (Wildman–Crippen MR) is 124 cm³/mol. The van der Waals surface area contributed by atoms with Crippen LogP contribution < -0.4 is 0 Å². The predicted octanol–water partition coefficient (Wildman–Crippen LogP) is 4.99. The number of allylic oxidation sites excluding steroid dienone is 4. The molecule has 1 aliphatic heterocycles. The molecule has 0 N–H and O–H groups in total. The van der Waals surface area contributed by atoms with Gasteiger partial charge >= 0.3 is 0 Å². The monoisotopic (exact) mass is 449 g/mol. The quantitative estimate of drug-likeness (QED) is 0.611. The van der Waals surface area contributed by atoms with Gasteiger partial charge in [0, 0.05) is 37.8 Å². The zero-order chi connectivity index (χ0) is 23.3. The molecule has 4 aliphatic rings. The topological polar surface area (TPSA) is 54.5 Å². The Morgan fingerprint density at radius 2 is 1.64 bits per heavy atom. The molecule has 1 saturated heterocycles. The minimum Gasteiger partial charge on any atom is -0.342 e. The van der Waals surface area contributed by atoms with Crippen molar-refractivity contribution in [2.45, 2.75) is 52.4 Å². The van der Waals surface area contributed by atoms with Gasteiger partial charge in [-0.05, 0) is 67.2 Å². The highest BCUT2D eigenvalue weighted by molar-refractivity contribution is 6.06. The lowest BCUT2D eigenvalue weighted by Gasteiger charge is -2.46. The molecule has 1 spiro atoms. The van der Waals surface area contributed by atoms with Crippen LogP contribution in [-0.2, 0) is 14.4 Å². The third-order valence-electron chi connectivity index (χ3n) is 8.31. The molecule has 1 heterocycles. The number of halogens is 1. The van der Waals surface area contributed by atoms with Gasteiger partial charge in [0.15, 0.2) is 0 Å². The van der Waals surface area contributed by atoms with E-state index in [-0.39, 0.29) is 46.5 Å². The van der Waals surface area contributed by atoms with Gasteiger partial charge in [-0.1, -0.05) is 36.8 Å². The number of hydrogen-bond donors (Lipinski definition) is 0. The molecule has 1 aromatic carbocycles. The molecule has 4 nitrogen and oxygen atoms in total. The summed E-state index contributed by atoms with van der Waals surface area (Å²) in [6, 6.07) is 6.43. The number of carbonyl (C=O) groups is 3. The van der Waals surface area contributed by atoms with Crippen molar-refractivity contribution in [1.29, 1.82) is 0 Å². The summed E-state index contributed by atoms with van der Waals surface area (Å²) in [5.74, 6) is -0.322. The maximum atomic E-state index is 13.4. The van der Waals surface area contributed by atoms with Crippen LogP contribution in [0.15, 0.2) is 42.0 Å². The van der Waals surface area contributed by atoms with E-state index < -0.39 is 5.92 Å². The first-order valence-electron chi connectivity index (χ1n) is 12.3. The molecule has 0 aromatic heterocycles. The van der Waals surface area contributed by atoms with E-state index in [9.17, 15) is 18.8 Å². The van der Waals surface area contributed by atoms with Crippen LogP contribution >= 0.6 is 0 Å². The average molecular weight is 450 g/mol. The summed E-state index contributed by atoms with van der Waals surface area (Å²) < 4.78 is 13.3. The smallest absolute Gasteiger partial charge is 0.225 e. The molecule has 1 amide bonds. The molecule has 5 heteroatoms. The van der Waals surface area contributed by atoms with Gasteiger partial charge in [-0.15, -0.1) is 0 Å². The molecule has 2 atom stereocenters. The van der Waals surface area contributed by atoms with Crippen molar-refractivity contribution in [3.8, 4) is 0 Å². The van der Waals surface area contributed by atoms with Crippen LogP contribution in [0.1, 0.15) is 57.9 Å². The van der Waals surface area contributed by atoms with Crippen molar-refractivity contribution in [3.05, 3.63) is 53.4 Å². The lowest BCUT2D eigenvalue weighted by Crippen LogP contribution is -2.51. The van der Waals surface area contributed by atoms with Crippen LogP contribution in [0.5, 0.6) is 0 Å². The lowest BCUT2D eigenvalue weighted by atomic mass is 9.59. The van der Waals surface area contributed by atoms with Crippen LogP contribution in [-0.4, -0.2) is 35.5 Å². The van der Waals surface area contributed by atoms with Gasteiger partial charge in [0.2, 0.25) is 5.91 Å². The number of Topliss-reactive ketones (excluding diaryl/α,β-unsaturated/α-hetero) is 2. The second kappa shape index (κ2) is 8.34. The van der Waals surface area contributed by atoms with Crippen molar-refractivity contribution >= 4 is 23.0 Å². The Morgan fingerprint density at radius 1 is 1.03 bits per heavy atom. The fourth-order valence-electron chi connectivity index (χ4n) is 6.32. The molecular weight excluding hydrogens is 417 g/mol. The van der Waals surface area contributed by atoms with E-state index in [1.165, 1.54) is 12.1 Å². The minimum absolute atomic E-state index is 0.0417. The van der Waals surface area contributed by atoms with Gasteiger partial charge in [0.05, 0.1) is 5.92 Å². The second-order valence-electron chi connectivity index (χ2n) is 10.8. The largest absolute Gasteiger partial charge is 0.342 e. The standard InChI is InChI=1S/C28H32FNO3/c1-17-13-21(19-5-7-22(29)8-6-19)14-18(2)25(17)26-23(31)15-28(16-24(26)32)9-11-30(12-10-28)27(33)20-3-4-20/h5-8,13-14,17,20,25-26H,3-4,9-12,15-16H2,1-2H3. The number of likely N-dealkylation sites (tertiary alicyclic amines) is 1. The van der Waals surface area contributed by atoms with Crippen molar-refractivity contribution in [2.75, 3.05) is 13.1 Å². The molecule has 1 aromatic rings. The molecular formula is C28H32FNO3. The van der Waals surface area contributed by atoms with Gasteiger partial charge in [0.1, 0.15) is 17.4 Å². The first-order valence-corrected chi connectivity index (χ1v) is 12.3. The summed E-state index contributed by atoms with van der Waals surface area (Å²) in [4.78, 5) is 41.1. The number of piperidine rings is 1. The fourth-order valence-corrected chi connectivity index (χ4v) is 6.32. The van der Waals surface area contributed by atoms with Gasteiger partial charge < -0.3 is 4.90 Å². The van der Waals surface area contributed by atoms with Crippen LogP contribution in [0.25, 0.3) is 5.57 Å². The maximum absolute atomic E-state index is 13.4. The van der Waals surface area contributed by atoms with Crippen molar-refractivity contribution in [2.24, 2.45) is 29.1 Å². The molecule has 2 unspecified atom stereocenters. The number of hydrogen-bond acceptors (Lipinski definition) is 3. The number of nitrogens with zero attached hydrogens (tertiary/aromatic N) is 1. The van der Waals surface area contributed by atoms with Crippen molar-refractivity contribution < 1.29 is 18.8 Å². The van der Waals surface area contributed by atoms with Crippen LogP contribution in [0.3, 0.4) is 0 Å². The summed E-state index contributed by atoms with van der Waals surface area (Å²) >= 11 is 0. The van der Waals surface area contributed by atoms with E-state index in [0.29, 0.717) is 25.9 Å². The summed E-state index contributed by atoms with van der Waals surface area (Å²) in [5, 5.41) is 0. The molecule has 174 valence electrons. The zero-order valence-electron chi connectivity index (χ0n) is 19.5. The first-order chi connectivity index (χ1) is 15.8. The van der Waals surface area contributed by atoms with E-state index in [4.69, 9.17) is 0 Å². The Bertz CT molecular complexity index is 1020. The van der Waals surface area contributed by atoms with E-state index in [1.54, 1.807) is 12.1 Å². The molecule has 5 rings (SSSR count). The Kier molecular flexibility index (Phi) is 5.62. The highest BCUT2D eigenvalue weighted by Gasteiger charge is 2.50. The van der Waals surface area contributed by atoms with Crippen molar-refractivity contribution in [1.82, 2.24) is 4.90 Å². The molecule has 3 fully saturated rings. The third-order valence-corrected chi connectivity index (χ3v) is 8.31. The van der Waals surface area contributed by atoms with E-state index in [1.807, 2.05) is 17.9 Å². The van der Waals surface area contributed by atoms with Crippen LogP contribution in [0, 0.1) is 34.9 Å².